The predicted octanol–water partition coefficient (Wildman–Crippen LogP) is 3.92. The molecule has 26 heavy (non-hydrogen) atoms. The summed E-state index contributed by atoms with van der Waals surface area (Å²) in [6.45, 7) is 6.29. The number of rotatable bonds is 5. The SMILES string of the molecule is Cc1nccn1CCCn1cncc1-c1ccc2c(c1)CC[C@@H](C)N2C. The van der Waals surface area contributed by atoms with Crippen molar-refractivity contribution >= 4 is 5.69 Å². The predicted molar refractivity (Wildman–Crippen MR) is 105 cm³/mol. The van der Waals surface area contributed by atoms with Crippen LogP contribution in [0.25, 0.3) is 11.3 Å². The maximum atomic E-state index is 4.40. The average Bonchev–Trinajstić information content (AvgIpc) is 3.27. The highest BCUT2D eigenvalue weighted by atomic mass is 15.1. The largest absolute Gasteiger partial charge is 0.372 e. The molecule has 0 N–H and O–H groups in total. The van der Waals surface area contributed by atoms with Crippen molar-refractivity contribution in [3.05, 3.63) is 54.5 Å². The molecule has 1 atom stereocenters. The molecule has 1 aromatic carbocycles. The molecule has 0 aliphatic carbocycles. The fourth-order valence-electron chi connectivity index (χ4n) is 3.88. The van der Waals surface area contributed by atoms with E-state index in [1.807, 2.05) is 31.8 Å². The minimum absolute atomic E-state index is 0.616. The summed E-state index contributed by atoms with van der Waals surface area (Å²) in [6, 6.07) is 7.48. The second-order valence-electron chi connectivity index (χ2n) is 7.34. The van der Waals surface area contributed by atoms with Crippen molar-refractivity contribution in [2.75, 3.05) is 11.9 Å². The smallest absolute Gasteiger partial charge is 0.105 e. The van der Waals surface area contributed by atoms with Crippen molar-refractivity contribution in [2.45, 2.75) is 52.2 Å². The van der Waals surface area contributed by atoms with E-state index in [1.54, 1.807) is 0 Å². The molecular weight excluding hydrogens is 322 g/mol. The maximum Gasteiger partial charge on any atom is 0.105 e. The average molecular weight is 349 g/mol. The molecule has 0 bridgehead atoms. The van der Waals surface area contributed by atoms with Gasteiger partial charge in [-0.2, -0.15) is 0 Å². The van der Waals surface area contributed by atoms with Crippen molar-refractivity contribution in [3.8, 4) is 11.3 Å². The van der Waals surface area contributed by atoms with Crippen LogP contribution >= 0.6 is 0 Å². The number of anilines is 1. The summed E-state index contributed by atoms with van der Waals surface area (Å²) in [5, 5.41) is 0. The van der Waals surface area contributed by atoms with Crippen molar-refractivity contribution in [2.24, 2.45) is 0 Å². The molecule has 1 aliphatic heterocycles. The first kappa shape index (κ1) is 16.9. The van der Waals surface area contributed by atoms with Gasteiger partial charge in [-0.15, -0.1) is 0 Å². The topological polar surface area (TPSA) is 38.9 Å². The van der Waals surface area contributed by atoms with Crippen molar-refractivity contribution in [1.29, 1.82) is 0 Å². The lowest BCUT2D eigenvalue weighted by molar-refractivity contribution is 0.557. The van der Waals surface area contributed by atoms with E-state index >= 15 is 0 Å². The standard InChI is InChI=1S/C21H27N5/c1-16-5-6-18-13-19(7-8-20(18)24(16)3)21-14-22-15-26(21)11-4-10-25-12-9-23-17(25)2/h7-9,12-16H,4-6,10-11H2,1-3H3/t16-/m1/s1. The van der Waals surface area contributed by atoms with Gasteiger partial charge in [0.1, 0.15) is 5.82 Å². The normalized spacial score (nSPS) is 16.7. The Bertz CT molecular complexity index is 891. The summed E-state index contributed by atoms with van der Waals surface area (Å²) in [6.07, 6.45) is 11.3. The molecule has 1 aliphatic rings. The lowest BCUT2D eigenvalue weighted by atomic mass is 9.95. The lowest BCUT2D eigenvalue weighted by Crippen LogP contribution is -2.33. The van der Waals surface area contributed by atoms with Crippen LogP contribution < -0.4 is 4.90 Å². The molecule has 0 radical (unpaired) electrons. The number of benzene rings is 1. The number of imidazole rings is 2. The van der Waals surface area contributed by atoms with Crippen molar-refractivity contribution in [3.63, 3.8) is 0 Å². The number of aromatic nitrogens is 4. The number of hydrogen-bond donors (Lipinski definition) is 0. The summed E-state index contributed by atoms with van der Waals surface area (Å²) in [4.78, 5) is 11.1. The third-order valence-corrected chi connectivity index (χ3v) is 5.68. The van der Waals surface area contributed by atoms with E-state index in [1.165, 1.54) is 28.9 Å². The minimum atomic E-state index is 0.616. The van der Waals surface area contributed by atoms with Crippen LogP contribution in [-0.2, 0) is 19.5 Å². The van der Waals surface area contributed by atoms with Crippen LogP contribution in [0.5, 0.6) is 0 Å². The van der Waals surface area contributed by atoms with Crippen LogP contribution in [0.4, 0.5) is 5.69 Å². The monoisotopic (exact) mass is 349 g/mol. The van der Waals surface area contributed by atoms with Crippen LogP contribution in [-0.4, -0.2) is 32.2 Å². The second kappa shape index (κ2) is 6.98. The highest BCUT2D eigenvalue weighted by Gasteiger charge is 2.20. The van der Waals surface area contributed by atoms with Gasteiger partial charge in [0.2, 0.25) is 0 Å². The Balaban J connectivity index is 1.51. The van der Waals surface area contributed by atoms with Crippen LogP contribution in [0, 0.1) is 6.92 Å². The van der Waals surface area contributed by atoms with Gasteiger partial charge < -0.3 is 14.0 Å². The molecule has 136 valence electrons. The third-order valence-electron chi connectivity index (χ3n) is 5.68. The Kier molecular flexibility index (Phi) is 4.53. The Hall–Kier alpha value is -2.56. The van der Waals surface area contributed by atoms with Gasteiger partial charge in [0.25, 0.3) is 0 Å². The maximum absolute atomic E-state index is 4.40. The van der Waals surface area contributed by atoms with Gasteiger partial charge in [0, 0.05) is 49.8 Å². The second-order valence-corrected chi connectivity index (χ2v) is 7.34. The van der Waals surface area contributed by atoms with Gasteiger partial charge >= 0.3 is 0 Å². The number of fused-ring (bicyclic) bond motifs is 1. The first-order valence-corrected chi connectivity index (χ1v) is 9.47. The Morgan fingerprint density at radius 1 is 1.19 bits per heavy atom. The molecule has 5 heteroatoms. The van der Waals surface area contributed by atoms with Gasteiger partial charge in [-0.25, -0.2) is 9.97 Å². The van der Waals surface area contributed by atoms with E-state index in [-0.39, 0.29) is 0 Å². The Morgan fingerprint density at radius 2 is 2.04 bits per heavy atom. The van der Waals surface area contributed by atoms with E-state index in [4.69, 9.17) is 0 Å². The summed E-state index contributed by atoms with van der Waals surface area (Å²) >= 11 is 0. The van der Waals surface area contributed by atoms with E-state index in [9.17, 15) is 0 Å². The lowest BCUT2D eigenvalue weighted by Gasteiger charge is -2.34. The fraction of sp³-hybridized carbons (Fsp3) is 0.429. The van der Waals surface area contributed by atoms with Gasteiger partial charge in [-0.3, -0.25) is 0 Å². The first-order chi connectivity index (χ1) is 12.6. The highest BCUT2D eigenvalue weighted by molar-refractivity contribution is 5.67. The zero-order valence-electron chi connectivity index (χ0n) is 15.9. The van der Waals surface area contributed by atoms with Crippen LogP contribution in [0.3, 0.4) is 0 Å². The third kappa shape index (κ3) is 3.14. The van der Waals surface area contributed by atoms with Gasteiger partial charge in [-0.1, -0.05) is 6.07 Å². The zero-order valence-corrected chi connectivity index (χ0v) is 15.9. The van der Waals surface area contributed by atoms with Crippen molar-refractivity contribution in [1.82, 2.24) is 19.1 Å². The summed E-state index contributed by atoms with van der Waals surface area (Å²) in [7, 11) is 2.20. The molecule has 0 amide bonds. The Morgan fingerprint density at radius 3 is 2.85 bits per heavy atom. The molecule has 3 aromatic rings. The molecule has 0 unspecified atom stereocenters. The van der Waals surface area contributed by atoms with Crippen molar-refractivity contribution < 1.29 is 0 Å². The molecular formula is C21H27N5. The molecule has 5 nitrogen and oxygen atoms in total. The van der Waals surface area contributed by atoms with E-state index in [2.05, 4.69) is 56.2 Å². The van der Waals surface area contributed by atoms with E-state index in [0.29, 0.717) is 6.04 Å². The highest BCUT2D eigenvalue weighted by Crippen LogP contribution is 2.33. The summed E-state index contributed by atoms with van der Waals surface area (Å²) < 4.78 is 4.47. The quantitative estimate of drug-likeness (QED) is 0.701. The molecule has 0 fully saturated rings. The van der Waals surface area contributed by atoms with Gasteiger partial charge in [0.15, 0.2) is 0 Å². The molecule has 3 heterocycles. The molecule has 0 saturated heterocycles. The number of aryl methyl sites for hydroxylation is 4. The fourth-order valence-corrected chi connectivity index (χ4v) is 3.88. The minimum Gasteiger partial charge on any atom is -0.372 e. The molecule has 0 spiro atoms. The molecule has 4 rings (SSSR count). The summed E-state index contributed by atoms with van der Waals surface area (Å²) in [5.74, 6) is 1.07. The molecule has 0 saturated carbocycles. The van der Waals surface area contributed by atoms with Crippen LogP contribution in [0.1, 0.15) is 31.2 Å². The first-order valence-electron chi connectivity index (χ1n) is 9.47. The van der Waals surface area contributed by atoms with Crippen LogP contribution in [0.15, 0.2) is 43.1 Å². The summed E-state index contributed by atoms with van der Waals surface area (Å²) in [5.41, 5.74) is 5.29. The van der Waals surface area contributed by atoms with E-state index < -0.39 is 0 Å². The van der Waals surface area contributed by atoms with Gasteiger partial charge in [-0.05, 0) is 50.8 Å². The van der Waals surface area contributed by atoms with Gasteiger partial charge in [0.05, 0.1) is 18.2 Å². The van der Waals surface area contributed by atoms with Crippen LogP contribution in [0.2, 0.25) is 0 Å². The number of nitrogens with zero attached hydrogens (tertiary/aromatic N) is 5. The number of hydrogen-bond acceptors (Lipinski definition) is 3. The zero-order chi connectivity index (χ0) is 18.1. The van der Waals surface area contributed by atoms with E-state index in [0.717, 1.165) is 31.8 Å². The Labute approximate surface area is 155 Å². The molecule has 2 aromatic heterocycles.